The first-order valence-corrected chi connectivity index (χ1v) is 9.63. The van der Waals surface area contributed by atoms with Gasteiger partial charge in [0.15, 0.2) is 6.61 Å². The number of amides is 1. The standard InChI is InChI=1S/C23H25NO5/c1-4-27-20-13-18-11-16(3)29-21(18)12-17(20)9-10-23(26)28-14-22(25)24-19-8-6-5-7-15(19)2/h5-10,12-13,16H,4,11,14H2,1-3H3,(H,24,25)/b10-9+/t16-/m0/s1. The molecule has 1 aliphatic heterocycles. The molecule has 1 heterocycles. The molecule has 1 atom stereocenters. The Balaban J connectivity index is 1.60. The monoisotopic (exact) mass is 395 g/mol. The molecule has 0 saturated heterocycles. The highest BCUT2D eigenvalue weighted by Crippen LogP contribution is 2.35. The van der Waals surface area contributed by atoms with Crippen molar-refractivity contribution in [2.24, 2.45) is 0 Å². The third-order valence-corrected chi connectivity index (χ3v) is 4.49. The molecule has 6 nitrogen and oxygen atoms in total. The van der Waals surface area contributed by atoms with E-state index in [2.05, 4.69) is 5.32 Å². The Hall–Kier alpha value is -3.28. The van der Waals surface area contributed by atoms with E-state index in [1.807, 2.05) is 51.1 Å². The minimum atomic E-state index is -0.609. The van der Waals surface area contributed by atoms with Crippen LogP contribution >= 0.6 is 0 Å². The van der Waals surface area contributed by atoms with E-state index in [1.54, 1.807) is 12.1 Å². The molecule has 0 radical (unpaired) electrons. The zero-order valence-electron chi connectivity index (χ0n) is 16.9. The molecule has 1 aliphatic rings. The highest BCUT2D eigenvalue weighted by Gasteiger charge is 2.21. The van der Waals surface area contributed by atoms with Crippen molar-refractivity contribution in [3.63, 3.8) is 0 Å². The average Bonchev–Trinajstić information content (AvgIpc) is 3.05. The van der Waals surface area contributed by atoms with Crippen LogP contribution in [0.2, 0.25) is 0 Å². The number of carbonyl (C=O) groups excluding carboxylic acids is 2. The van der Waals surface area contributed by atoms with Crippen LogP contribution in [0.4, 0.5) is 5.69 Å². The smallest absolute Gasteiger partial charge is 0.331 e. The number of carbonyl (C=O) groups is 2. The van der Waals surface area contributed by atoms with Crippen molar-refractivity contribution in [3.05, 3.63) is 59.2 Å². The summed E-state index contributed by atoms with van der Waals surface area (Å²) in [6.07, 6.45) is 3.84. The van der Waals surface area contributed by atoms with Gasteiger partial charge < -0.3 is 19.5 Å². The van der Waals surface area contributed by atoms with E-state index in [0.717, 1.165) is 28.9 Å². The molecule has 0 bridgehead atoms. The lowest BCUT2D eigenvalue weighted by atomic mass is 10.1. The third-order valence-electron chi connectivity index (χ3n) is 4.49. The Labute approximate surface area is 170 Å². The highest BCUT2D eigenvalue weighted by molar-refractivity contribution is 5.95. The Morgan fingerprint density at radius 2 is 2.07 bits per heavy atom. The first-order valence-electron chi connectivity index (χ1n) is 9.63. The number of ether oxygens (including phenoxy) is 3. The molecule has 0 unspecified atom stereocenters. The third kappa shape index (κ3) is 5.38. The number of benzene rings is 2. The van der Waals surface area contributed by atoms with Crippen LogP contribution in [0.5, 0.6) is 11.5 Å². The summed E-state index contributed by atoms with van der Waals surface area (Å²) >= 11 is 0. The van der Waals surface area contributed by atoms with E-state index in [1.165, 1.54) is 6.08 Å². The van der Waals surface area contributed by atoms with Crippen molar-refractivity contribution < 1.29 is 23.8 Å². The van der Waals surface area contributed by atoms with Crippen LogP contribution < -0.4 is 14.8 Å². The van der Waals surface area contributed by atoms with Crippen molar-refractivity contribution in [1.29, 1.82) is 0 Å². The predicted molar refractivity (Wildman–Crippen MR) is 111 cm³/mol. The fourth-order valence-electron chi connectivity index (χ4n) is 3.11. The van der Waals surface area contributed by atoms with E-state index in [4.69, 9.17) is 14.2 Å². The summed E-state index contributed by atoms with van der Waals surface area (Å²) in [5.41, 5.74) is 3.44. The van der Waals surface area contributed by atoms with Gasteiger partial charge in [-0.15, -0.1) is 0 Å². The van der Waals surface area contributed by atoms with Crippen LogP contribution in [-0.2, 0) is 20.7 Å². The summed E-state index contributed by atoms with van der Waals surface area (Å²) in [7, 11) is 0. The van der Waals surface area contributed by atoms with E-state index < -0.39 is 11.9 Å². The van der Waals surface area contributed by atoms with Crippen LogP contribution in [-0.4, -0.2) is 31.2 Å². The second-order valence-electron chi connectivity index (χ2n) is 6.87. The SMILES string of the molecule is CCOc1cc2c(cc1/C=C/C(=O)OCC(=O)Nc1ccccc1C)O[C@@H](C)C2. The number of fused-ring (bicyclic) bond motifs is 1. The van der Waals surface area contributed by atoms with Gasteiger partial charge in [0.25, 0.3) is 5.91 Å². The van der Waals surface area contributed by atoms with Crippen molar-refractivity contribution in [1.82, 2.24) is 0 Å². The number of anilines is 1. The van der Waals surface area contributed by atoms with Gasteiger partial charge in [0, 0.05) is 29.3 Å². The van der Waals surface area contributed by atoms with Gasteiger partial charge in [0.2, 0.25) is 0 Å². The Kier molecular flexibility index (Phi) is 6.54. The van der Waals surface area contributed by atoms with Gasteiger partial charge in [-0.2, -0.15) is 0 Å². The maximum absolute atomic E-state index is 12.0. The lowest BCUT2D eigenvalue weighted by Crippen LogP contribution is -2.20. The molecule has 0 saturated carbocycles. The second kappa shape index (κ2) is 9.28. The topological polar surface area (TPSA) is 73.9 Å². The van der Waals surface area contributed by atoms with Gasteiger partial charge in [0.05, 0.1) is 6.61 Å². The summed E-state index contributed by atoms with van der Waals surface area (Å²) in [5, 5.41) is 2.72. The van der Waals surface area contributed by atoms with Crippen LogP contribution in [0, 0.1) is 6.92 Å². The van der Waals surface area contributed by atoms with Gasteiger partial charge in [-0.1, -0.05) is 18.2 Å². The van der Waals surface area contributed by atoms with E-state index in [9.17, 15) is 9.59 Å². The molecular weight excluding hydrogens is 370 g/mol. The van der Waals surface area contributed by atoms with Crippen LogP contribution in [0.25, 0.3) is 6.08 Å². The number of esters is 1. The maximum Gasteiger partial charge on any atom is 0.331 e. The summed E-state index contributed by atoms with van der Waals surface area (Å²) in [6, 6.07) is 11.2. The molecule has 0 aromatic heterocycles. The summed E-state index contributed by atoms with van der Waals surface area (Å²) < 4.78 is 16.5. The maximum atomic E-state index is 12.0. The fraction of sp³-hybridized carbons (Fsp3) is 0.304. The van der Waals surface area contributed by atoms with Crippen molar-refractivity contribution in [2.75, 3.05) is 18.5 Å². The zero-order chi connectivity index (χ0) is 20.8. The molecule has 0 fully saturated rings. The van der Waals surface area contributed by atoms with E-state index >= 15 is 0 Å². The lowest BCUT2D eigenvalue weighted by molar-refractivity contribution is -0.142. The summed E-state index contributed by atoms with van der Waals surface area (Å²) in [5.74, 6) is 0.481. The molecule has 1 N–H and O–H groups in total. The first-order chi connectivity index (χ1) is 14.0. The minimum Gasteiger partial charge on any atom is -0.493 e. The van der Waals surface area contributed by atoms with Gasteiger partial charge in [-0.3, -0.25) is 4.79 Å². The molecule has 2 aromatic rings. The molecular formula is C23H25NO5. The molecule has 0 spiro atoms. The molecule has 6 heteroatoms. The van der Waals surface area contributed by atoms with Crippen molar-refractivity contribution in [2.45, 2.75) is 33.3 Å². The lowest BCUT2D eigenvalue weighted by Gasteiger charge is -2.10. The van der Waals surface area contributed by atoms with Crippen LogP contribution in [0.15, 0.2) is 42.5 Å². The van der Waals surface area contributed by atoms with E-state index in [0.29, 0.717) is 18.0 Å². The van der Waals surface area contributed by atoms with Crippen LogP contribution in [0.1, 0.15) is 30.5 Å². The van der Waals surface area contributed by atoms with Gasteiger partial charge in [0.1, 0.15) is 17.6 Å². The molecule has 152 valence electrons. The Morgan fingerprint density at radius 1 is 1.28 bits per heavy atom. The summed E-state index contributed by atoms with van der Waals surface area (Å²) in [4.78, 5) is 24.0. The number of aryl methyl sites for hydroxylation is 1. The quantitative estimate of drug-likeness (QED) is 0.568. The molecule has 0 aliphatic carbocycles. The number of hydrogen-bond donors (Lipinski definition) is 1. The zero-order valence-corrected chi connectivity index (χ0v) is 16.9. The molecule has 2 aromatic carbocycles. The number of rotatable bonds is 7. The first kappa shape index (κ1) is 20.5. The second-order valence-corrected chi connectivity index (χ2v) is 6.87. The van der Waals surface area contributed by atoms with Gasteiger partial charge in [-0.25, -0.2) is 4.79 Å². The Morgan fingerprint density at radius 3 is 2.83 bits per heavy atom. The molecule has 29 heavy (non-hydrogen) atoms. The highest BCUT2D eigenvalue weighted by atomic mass is 16.5. The number of hydrogen-bond acceptors (Lipinski definition) is 5. The number of nitrogens with one attached hydrogen (secondary N) is 1. The van der Waals surface area contributed by atoms with Crippen molar-refractivity contribution in [3.8, 4) is 11.5 Å². The normalized spacial score (nSPS) is 14.9. The van der Waals surface area contributed by atoms with E-state index in [-0.39, 0.29) is 12.7 Å². The van der Waals surface area contributed by atoms with Crippen molar-refractivity contribution >= 4 is 23.6 Å². The van der Waals surface area contributed by atoms with Gasteiger partial charge >= 0.3 is 5.97 Å². The minimum absolute atomic E-state index is 0.121. The average molecular weight is 395 g/mol. The summed E-state index contributed by atoms with van der Waals surface area (Å²) in [6.45, 7) is 5.96. The predicted octanol–water partition coefficient (Wildman–Crippen LogP) is 3.91. The molecule has 1 amide bonds. The Bertz CT molecular complexity index is 935. The fourth-order valence-corrected chi connectivity index (χ4v) is 3.11. The number of para-hydroxylation sites is 1. The van der Waals surface area contributed by atoms with Crippen LogP contribution in [0.3, 0.4) is 0 Å². The largest absolute Gasteiger partial charge is 0.493 e. The molecule has 3 rings (SSSR count). The van der Waals surface area contributed by atoms with Gasteiger partial charge in [-0.05, 0) is 50.6 Å².